The molecule has 2 heterocycles. The molecule has 0 radical (unpaired) electrons. The number of likely N-dealkylation sites (N-methyl/N-ethyl adjacent to an activating group) is 1. The first-order valence-electron chi connectivity index (χ1n) is 7.05. The molecule has 0 unspecified atom stereocenters. The van der Waals surface area contributed by atoms with E-state index in [4.69, 9.17) is 0 Å². The first-order chi connectivity index (χ1) is 9.54. The summed E-state index contributed by atoms with van der Waals surface area (Å²) >= 11 is 1.50. The summed E-state index contributed by atoms with van der Waals surface area (Å²) in [4.78, 5) is 32.6. The third-order valence-electron chi connectivity index (χ3n) is 4.44. The molecule has 1 spiro atoms. The molecule has 0 aromatic carbocycles. The molecule has 20 heavy (non-hydrogen) atoms. The smallest absolute Gasteiger partial charge is 0.313 e. The Hall–Kier alpha value is -1.43. The SMILES string of the molecule is Cc1csc(CN2C(=O)N(C)C3(CCCCC3)C2=O)n1. The summed E-state index contributed by atoms with van der Waals surface area (Å²) in [6, 6.07) is -0.176. The van der Waals surface area contributed by atoms with Crippen LogP contribution in [-0.4, -0.2) is 39.3 Å². The Bertz CT molecular complexity index is 548. The topological polar surface area (TPSA) is 53.5 Å². The standard InChI is InChI=1S/C14H19N3O2S/c1-10-9-20-11(15-10)8-17-12(18)14(16(2)13(17)19)6-4-3-5-7-14/h9H,3-8H2,1-2H3. The van der Waals surface area contributed by atoms with Crippen LogP contribution in [0.2, 0.25) is 0 Å². The minimum Gasteiger partial charge on any atom is -0.313 e. The zero-order valence-corrected chi connectivity index (χ0v) is 12.7. The summed E-state index contributed by atoms with van der Waals surface area (Å²) in [6.45, 7) is 2.23. The number of amides is 3. The summed E-state index contributed by atoms with van der Waals surface area (Å²) in [5, 5.41) is 2.77. The summed E-state index contributed by atoms with van der Waals surface area (Å²) in [5.74, 6) is -0.0300. The van der Waals surface area contributed by atoms with Crippen LogP contribution in [0.4, 0.5) is 4.79 Å². The van der Waals surface area contributed by atoms with Gasteiger partial charge in [-0.1, -0.05) is 19.3 Å². The Balaban J connectivity index is 1.85. The molecule has 1 aliphatic heterocycles. The summed E-state index contributed by atoms with van der Waals surface area (Å²) in [5.41, 5.74) is 0.353. The molecule has 1 saturated heterocycles. The average Bonchev–Trinajstić information content (AvgIpc) is 2.93. The van der Waals surface area contributed by atoms with Crippen LogP contribution < -0.4 is 0 Å². The highest BCUT2D eigenvalue weighted by Crippen LogP contribution is 2.39. The van der Waals surface area contributed by atoms with E-state index in [2.05, 4.69) is 4.98 Å². The second-order valence-electron chi connectivity index (χ2n) is 5.71. The number of hydrogen-bond acceptors (Lipinski definition) is 4. The van der Waals surface area contributed by atoms with Gasteiger partial charge in [0.05, 0.1) is 6.54 Å². The number of aryl methyl sites for hydroxylation is 1. The Kier molecular flexibility index (Phi) is 3.28. The van der Waals surface area contributed by atoms with Crippen LogP contribution in [-0.2, 0) is 11.3 Å². The largest absolute Gasteiger partial charge is 0.327 e. The molecular weight excluding hydrogens is 274 g/mol. The minimum atomic E-state index is -0.582. The van der Waals surface area contributed by atoms with Crippen LogP contribution in [0.25, 0.3) is 0 Å². The Morgan fingerprint density at radius 1 is 1.30 bits per heavy atom. The van der Waals surface area contributed by atoms with Gasteiger partial charge in [-0.25, -0.2) is 9.78 Å². The molecule has 6 heteroatoms. The molecule has 5 nitrogen and oxygen atoms in total. The fourth-order valence-electron chi connectivity index (χ4n) is 3.28. The van der Waals surface area contributed by atoms with Crippen molar-refractivity contribution in [3.8, 4) is 0 Å². The first kappa shape index (κ1) is 13.5. The van der Waals surface area contributed by atoms with Crippen LogP contribution in [0.1, 0.15) is 42.8 Å². The second-order valence-corrected chi connectivity index (χ2v) is 6.65. The van der Waals surface area contributed by atoms with Gasteiger partial charge in [0.2, 0.25) is 0 Å². The van der Waals surface area contributed by atoms with Gasteiger partial charge in [0.1, 0.15) is 10.5 Å². The molecule has 1 aromatic heterocycles. The highest BCUT2D eigenvalue weighted by molar-refractivity contribution is 7.09. The lowest BCUT2D eigenvalue weighted by Crippen LogP contribution is -2.49. The molecule has 1 saturated carbocycles. The van der Waals surface area contributed by atoms with Crippen molar-refractivity contribution in [1.29, 1.82) is 0 Å². The van der Waals surface area contributed by atoms with Crippen molar-refractivity contribution < 1.29 is 9.59 Å². The van der Waals surface area contributed by atoms with Crippen LogP contribution in [0, 0.1) is 6.92 Å². The lowest BCUT2D eigenvalue weighted by atomic mass is 9.81. The monoisotopic (exact) mass is 293 g/mol. The highest BCUT2D eigenvalue weighted by atomic mass is 32.1. The molecule has 1 aromatic rings. The molecule has 0 N–H and O–H groups in total. The van der Waals surface area contributed by atoms with Crippen LogP contribution >= 0.6 is 11.3 Å². The lowest BCUT2D eigenvalue weighted by Gasteiger charge is -2.35. The van der Waals surface area contributed by atoms with E-state index in [9.17, 15) is 9.59 Å². The van der Waals surface area contributed by atoms with E-state index in [0.29, 0.717) is 6.54 Å². The van der Waals surface area contributed by atoms with Gasteiger partial charge in [0.15, 0.2) is 0 Å². The molecule has 2 fully saturated rings. The fraction of sp³-hybridized carbons (Fsp3) is 0.643. The maximum absolute atomic E-state index is 12.8. The Morgan fingerprint density at radius 3 is 2.60 bits per heavy atom. The molecule has 1 aliphatic carbocycles. The van der Waals surface area contributed by atoms with Gasteiger partial charge in [-0.15, -0.1) is 11.3 Å². The quantitative estimate of drug-likeness (QED) is 0.787. The van der Waals surface area contributed by atoms with Crippen molar-refractivity contribution in [2.45, 2.75) is 51.1 Å². The number of hydrogen-bond donors (Lipinski definition) is 0. The maximum atomic E-state index is 12.8. The predicted octanol–water partition coefficient (Wildman–Crippen LogP) is 2.55. The van der Waals surface area contributed by atoms with Gasteiger partial charge in [0, 0.05) is 18.1 Å². The van der Waals surface area contributed by atoms with E-state index in [1.54, 1.807) is 11.9 Å². The van der Waals surface area contributed by atoms with Crippen LogP contribution in [0.15, 0.2) is 5.38 Å². The molecule has 3 rings (SSSR count). The summed E-state index contributed by atoms with van der Waals surface area (Å²) < 4.78 is 0. The van der Waals surface area contributed by atoms with Crippen molar-refractivity contribution in [3.63, 3.8) is 0 Å². The molecular formula is C14H19N3O2S. The van der Waals surface area contributed by atoms with Gasteiger partial charge in [0.25, 0.3) is 5.91 Å². The van der Waals surface area contributed by atoms with Crippen molar-refractivity contribution in [3.05, 3.63) is 16.1 Å². The van der Waals surface area contributed by atoms with E-state index >= 15 is 0 Å². The van der Waals surface area contributed by atoms with Gasteiger partial charge in [-0.3, -0.25) is 9.69 Å². The Labute approximate surface area is 122 Å². The molecule has 0 atom stereocenters. The first-order valence-corrected chi connectivity index (χ1v) is 7.93. The van der Waals surface area contributed by atoms with E-state index < -0.39 is 5.54 Å². The van der Waals surface area contributed by atoms with Crippen LogP contribution in [0.3, 0.4) is 0 Å². The second kappa shape index (κ2) is 4.84. The van der Waals surface area contributed by atoms with Crippen LogP contribution in [0.5, 0.6) is 0 Å². The van der Waals surface area contributed by atoms with E-state index in [1.165, 1.54) is 16.2 Å². The third-order valence-corrected chi connectivity index (χ3v) is 5.40. The number of nitrogens with zero attached hydrogens (tertiary/aromatic N) is 3. The zero-order chi connectivity index (χ0) is 14.3. The van der Waals surface area contributed by atoms with Crippen molar-refractivity contribution in [2.24, 2.45) is 0 Å². The molecule has 0 bridgehead atoms. The predicted molar refractivity (Wildman–Crippen MR) is 76.4 cm³/mol. The number of rotatable bonds is 2. The fourth-order valence-corrected chi connectivity index (χ4v) is 4.04. The molecule has 2 aliphatic rings. The van der Waals surface area contributed by atoms with Gasteiger partial charge >= 0.3 is 6.03 Å². The Morgan fingerprint density at radius 2 is 2.00 bits per heavy atom. The van der Waals surface area contributed by atoms with Crippen molar-refractivity contribution in [2.75, 3.05) is 7.05 Å². The van der Waals surface area contributed by atoms with E-state index in [-0.39, 0.29) is 11.9 Å². The minimum absolute atomic E-state index is 0.0300. The van der Waals surface area contributed by atoms with Crippen molar-refractivity contribution >= 4 is 23.3 Å². The number of carbonyl (C=O) groups excluding carboxylic acids is 2. The maximum Gasteiger partial charge on any atom is 0.327 e. The highest BCUT2D eigenvalue weighted by Gasteiger charge is 2.55. The number of urea groups is 1. The molecule has 108 valence electrons. The number of imide groups is 1. The van der Waals surface area contributed by atoms with Gasteiger partial charge in [-0.2, -0.15) is 0 Å². The summed E-state index contributed by atoms with van der Waals surface area (Å²) in [7, 11) is 1.76. The lowest BCUT2D eigenvalue weighted by molar-refractivity contribution is -0.134. The molecule has 3 amide bonds. The number of carbonyl (C=O) groups is 2. The van der Waals surface area contributed by atoms with E-state index in [0.717, 1.165) is 42.8 Å². The van der Waals surface area contributed by atoms with Crippen molar-refractivity contribution in [1.82, 2.24) is 14.8 Å². The average molecular weight is 293 g/mol. The third kappa shape index (κ3) is 1.93. The van der Waals surface area contributed by atoms with Gasteiger partial charge < -0.3 is 4.90 Å². The summed E-state index contributed by atoms with van der Waals surface area (Å²) in [6.07, 6.45) is 4.78. The van der Waals surface area contributed by atoms with Gasteiger partial charge in [-0.05, 0) is 19.8 Å². The zero-order valence-electron chi connectivity index (χ0n) is 11.9. The van der Waals surface area contributed by atoms with E-state index in [1.807, 2.05) is 12.3 Å². The normalized spacial score (nSPS) is 22.1. The number of aromatic nitrogens is 1. The number of thiazole rings is 1.